The van der Waals surface area contributed by atoms with E-state index in [1.165, 1.54) is 16.2 Å². The Kier molecular flexibility index (Phi) is 8.53. The van der Waals surface area contributed by atoms with E-state index in [4.69, 9.17) is 15.3 Å². The molecule has 0 unspecified atom stereocenters. The molecule has 0 saturated heterocycles. The average Bonchev–Trinajstić information content (AvgIpc) is 2.94. The highest BCUT2D eigenvalue weighted by atomic mass is 32.1. The molecule has 0 aliphatic rings. The zero-order valence-corrected chi connectivity index (χ0v) is 14.8. The molecule has 0 saturated carbocycles. The second-order valence-corrected chi connectivity index (χ2v) is 6.47. The molecule has 1 heterocycles. The molecule has 0 aromatic carbocycles. The van der Waals surface area contributed by atoms with Gasteiger partial charge in [-0.15, -0.1) is 11.3 Å². The van der Waals surface area contributed by atoms with E-state index in [1.54, 1.807) is 0 Å². The van der Waals surface area contributed by atoms with Crippen LogP contribution in [0.25, 0.3) is 0 Å². The molecule has 128 valence electrons. The molecule has 1 amide bonds. The van der Waals surface area contributed by atoms with Crippen molar-refractivity contribution in [1.82, 2.24) is 4.90 Å². The van der Waals surface area contributed by atoms with Crippen molar-refractivity contribution in [2.24, 2.45) is 0 Å². The van der Waals surface area contributed by atoms with Crippen LogP contribution in [0.15, 0.2) is 6.07 Å². The normalized spacial score (nSPS) is 9.83. The standard InChI is InChI=1S/C17H21N3O3S/c1-3-6-14-11-15(24-13(14)2)17(22)23-12-16(21)20(9-4-7-18)10-5-8-19/h11H,3-6,9-10,12H2,1-2H3. The number of nitriles is 2. The first-order valence-electron chi connectivity index (χ1n) is 7.81. The van der Waals surface area contributed by atoms with Gasteiger partial charge >= 0.3 is 5.97 Å². The first kappa shape index (κ1) is 19.7. The van der Waals surface area contributed by atoms with Crippen molar-refractivity contribution in [3.63, 3.8) is 0 Å². The van der Waals surface area contributed by atoms with Crippen molar-refractivity contribution < 1.29 is 14.3 Å². The topological polar surface area (TPSA) is 94.2 Å². The van der Waals surface area contributed by atoms with E-state index in [9.17, 15) is 9.59 Å². The van der Waals surface area contributed by atoms with Crippen LogP contribution in [0.4, 0.5) is 0 Å². The van der Waals surface area contributed by atoms with E-state index in [0.29, 0.717) is 4.88 Å². The number of carbonyl (C=O) groups is 2. The highest BCUT2D eigenvalue weighted by Gasteiger charge is 2.18. The molecule has 0 N–H and O–H groups in total. The Labute approximate surface area is 146 Å². The quantitative estimate of drug-likeness (QED) is 0.640. The van der Waals surface area contributed by atoms with Gasteiger partial charge in [0, 0.05) is 18.0 Å². The summed E-state index contributed by atoms with van der Waals surface area (Å²) in [6.45, 7) is 4.12. The van der Waals surface area contributed by atoms with Gasteiger partial charge in [0.1, 0.15) is 4.88 Å². The summed E-state index contributed by atoms with van der Waals surface area (Å²) in [5.74, 6) is -0.907. The monoisotopic (exact) mass is 347 g/mol. The zero-order valence-electron chi connectivity index (χ0n) is 14.0. The number of esters is 1. The van der Waals surface area contributed by atoms with Gasteiger partial charge < -0.3 is 9.64 Å². The van der Waals surface area contributed by atoms with Gasteiger partial charge in [-0.25, -0.2) is 4.79 Å². The van der Waals surface area contributed by atoms with Crippen LogP contribution < -0.4 is 0 Å². The van der Waals surface area contributed by atoms with Crippen LogP contribution >= 0.6 is 11.3 Å². The molecule has 24 heavy (non-hydrogen) atoms. The van der Waals surface area contributed by atoms with Crippen LogP contribution in [-0.2, 0) is 16.0 Å². The molecular weight excluding hydrogens is 326 g/mol. The van der Waals surface area contributed by atoms with E-state index in [0.717, 1.165) is 23.3 Å². The van der Waals surface area contributed by atoms with Crippen molar-refractivity contribution in [2.75, 3.05) is 19.7 Å². The minimum absolute atomic E-state index is 0.176. The molecule has 6 nitrogen and oxygen atoms in total. The predicted molar refractivity (Wildman–Crippen MR) is 90.4 cm³/mol. The molecule has 1 aromatic rings. The molecule has 0 spiro atoms. The molecule has 1 aromatic heterocycles. The first-order chi connectivity index (χ1) is 11.5. The summed E-state index contributed by atoms with van der Waals surface area (Å²) in [4.78, 5) is 27.1. The van der Waals surface area contributed by atoms with Gasteiger partial charge in [0.2, 0.25) is 0 Å². The molecule has 0 aliphatic carbocycles. The number of rotatable bonds is 9. The Morgan fingerprint density at radius 2 is 1.88 bits per heavy atom. The van der Waals surface area contributed by atoms with Crippen molar-refractivity contribution in [1.29, 1.82) is 10.5 Å². The Bertz CT molecular complexity index is 637. The van der Waals surface area contributed by atoms with Crippen LogP contribution in [0.2, 0.25) is 0 Å². The maximum atomic E-state index is 12.1. The largest absolute Gasteiger partial charge is 0.451 e. The summed E-state index contributed by atoms with van der Waals surface area (Å²) in [5.41, 5.74) is 1.13. The van der Waals surface area contributed by atoms with Crippen molar-refractivity contribution >= 4 is 23.2 Å². The minimum atomic E-state index is -0.515. The highest BCUT2D eigenvalue weighted by molar-refractivity contribution is 7.14. The fraction of sp³-hybridized carbons (Fsp3) is 0.529. The van der Waals surface area contributed by atoms with Gasteiger partial charge in [-0.05, 0) is 25.0 Å². The fourth-order valence-corrected chi connectivity index (χ4v) is 3.12. The second kappa shape index (κ2) is 10.4. The number of hydrogen-bond donors (Lipinski definition) is 0. The lowest BCUT2D eigenvalue weighted by atomic mass is 10.1. The van der Waals surface area contributed by atoms with Gasteiger partial charge in [-0.1, -0.05) is 13.3 Å². The number of thiophene rings is 1. The maximum Gasteiger partial charge on any atom is 0.348 e. The van der Waals surface area contributed by atoms with Crippen molar-refractivity contribution in [3.8, 4) is 12.1 Å². The predicted octanol–water partition coefficient (Wildman–Crippen LogP) is 2.82. The fourth-order valence-electron chi connectivity index (χ4n) is 2.16. The lowest BCUT2D eigenvalue weighted by molar-refractivity contribution is -0.134. The molecule has 7 heteroatoms. The van der Waals surface area contributed by atoms with Crippen LogP contribution in [0.5, 0.6) is 0 Å². The highest BCUT2D eigenvalue weighted by Crippen LogP contribution is 2.23. The number of ether oxygens (including phenoxy) is 1. The molecule has 1 rings (SSSR count). The van der Waals surface area contributed by atoms with Gasteiger partial charge in [-0.2, -0.15) is 10.5 Å². The number of nitrogens with zero attached hydrogens (tertiary/aromatic N) is 3. The number of amides is 1. The van der Waals surface area contributed by atoms with Gasteiger partial charge in [0.25, 0.3) is 5.91 Å². The molecule has 0 atom stereocenters. The lowest BCUT2D eigenvalue weighted by Gasteiger charge is -2.19. The van der Waals surface area contributed by atoms with Crippen molar-refractivity contribution in [2.45, 2.75) is 39.5 Å². The smallest absolute Gasteiger partial charge is 0.348 e. The summed E-state index contributed by atoms with van der Waals surface area (Å²) >= 11 is 1.36. The summed E-state index contributed by atoms with van der Waals surface area (Å²) in [7, 11) is 0. The van der Waals surface area contributed by atoms with Gasteiger partial charge in [-0.3, -0.25) is 4.79 Å². The van der Waals surface area contributed by atoms with Crippen LogP contribution in [0, 0.1) is 29.6 Å². The lowest BCUT2D eigenvalue weighted by Crippen LogP contribution is -2.36. The summed E-state index contributed by atoms with van der Waals surface area (Å²) < 4.78 is 5.09. The number of hydrogen-bond acceptors (Lipinski definition) is 6. The van der Waals surface area contributed by atoms with Crippen LogP contribution in [-0.4, -0.2) is 36.5 Å². The van der Waals surface area contributed by atoms with E-state index in [1.807, 2.05) is 25.1 Å². The van der Waals surface area contributed by atoms with Gasteiger partial charge in [0.05, 0.1) is 25.0 Å². The van der Waals surface area contributed by atoms with Gasteiger partial charge in [0.15, 0.2) is 6.61 Å². The number of carbonyl (C=O) groups excluding carboxylic acids is 2. The summed E-state index contributed by atoms with van der Waals surface area (Å²) in [5, 5.41) is 17.2. The van der Waals surface area contributed by atoms with Crippen molar-refractivity contribution in [3.05, 3.63) is 21.4 Å². The number of aryl methyl sites for hydroxylation is 2. The Morgan fingerprint density at radius 3 is 2.42 bits per heavy atom. The average molecular weight is 347 g/mol. The molecule has 0 radical (unpaired) electrons. The summed E-state index contributed by atoms with van der Waals surface area (Å²) in [6.07, 6.45) is 2.26. The molecule has 0 fully saturated rings. The van der Waals surface area contributed by atoms with E-state index in [-0.39, 0.29) is 32.5 Å². The Morgan fingerprint density at radius 1 is 1.25 bits per heavy atom. The minimum Gasteiger partial charge on any atom is -0.451 e. The van der Waals surface area contributed by atoms with E-state index >= 15 is 0 Å². The van der Waals surface area contributed by atoms with Crippen LogP contribution in [0.1, 0.15) is 46.3 Å². The maximum absolute atomic E-state index is 12.1. The van der Waals surface area contributed by atoms with E-state index < -0.39 is 11.9 Å². The summed E-state index contributed by atoms with van der Waals surface area (Å²) in [6, 6.07) is 5.74. The second-order valence-electron chi connectivity index (χ2n) is 5.22. The third-order valence-corrected chi connectivity index (χ3v) is 4.48. The van der Waals surface area contributed by atoms with E-state index in [2.05, 4.69) is 6.92 Å². The first-order valence-corrected chi connectivity index (χ1v) is 8.63. The Balaban J connectivity index is 2.60. The molecule has 0 aliphatic heterocycles. The third-order valence-electron chi connectivity index (χ3n) is 3.41. The SMILES string of the molecule is CCCc1cc(C(=O)OCC(=O)N(CCC#N)CCC#N)sc1C. The molecular formula is C17H21N3O3S. The Hall–Kier alpha value is -2.38. The van der Waals surface area contributed by atoms with Crippen LogP contribution in [0.3, 0.4) is 0 Å². The zero-order chi connectivity index (χ0) is 17.9. The third kappa shape index (κ3) is 6.02. The molecule has 0 bridgehead atoms.